The van der Waals surface area contributed by atoms with Crippen molar-refractivity contribution in [3.8, 4) is 6.01 Å². The van der Waals surface area contributed by atoms with Crippen LogP contribution in [0, 0.1) is 5.41 Å². The van der Waals surface area contributed by atoms with Crippen molar-refractivity contribution in [2.45, 2.75) is 39.0 Å². The second-order valence-corrected chi connectivity index (χ2v) is 5.48. The van der Waals surface area contributed by atoms with Crippen molar-refractivity contribution in [3.05, 3.63) is 5.28 Å². The fourth-order valence-corrected chi connectivity index (χ4v) is 2.53. The first kappa shape index (κ1) is 13.3. The summed E-state index contributed by atoms with van der Waals surface area (Å²) in [5.41, 5.74) is 0.324. The third-order valence-electron chi connectivity index (χ3n) is 3.50. The molecule has 6 heteroatoms. The van der Waals surface area contributed by atoms with Crippen LogP contribution < -0.4 is 10.1 Å². The first-order valence-electron chi connectivity index (χ1n) is 6.31. The Balaban J connectivity index is 1.98. The zero-order valence-corrected chi connectivity index (χ0v) is 11.6. The Hall–Kier alpha value is -1.10. The molecule has 0 atom stereocenters. The first-order chi connectivity index (χ1) is 8.61. The Morgan fingerprint density at radius 2 is 1.94 bits per heavy atom. The smallest absolute Gasteiger partial charge is 0.322 e. The van der Waals surface area contributed by atoms with Crippen LogP contribution in [0.1, 0.15) is 39.0 Å². The van der Waals surface area contributed by atoms with Crippen LogP contribution in [0.25, 0.3) is 0 Å². The summed E-state index contributed by atoms with van der Waals surface area (Å²) in [4.78, 5) is 12.0. The van der Waals surface area contributed by atoms with Crippen LogP contribution in [0.15, 0.2) is 0 Å². The van der Waals surface area contributed by atoms with E-state index in [2.05, 4.69) is 27.2 Å². The minimum absolute atomic E-state index is 0.151. The number of aromatic nitrogens is 3. The van der Waals surface area contributed by atoms with E-state index in [0.717, 1.165) is 6.54 Å². The average molecular weight is 271 g/mol. The SMILES string of the molecule is COc1nc(Cl)nc(NCC2(C)CCCCC2)n1. The fourth-order valence-electron chi connectivity index (χ4n) is 2.38. The molecule has 1 aliphatic carbocycles. The highest BCUT2D eigenvalue weighted by molar-refractivity contribution is 6.28. The summed E-state index contributed by atoms with van der Waals surface area (Å²) in [6, 6.07) is 0.242. The maximum Gasteiger partial charge on any atom is 0.322 e. The van der Waals surface area contributed by atoms with Crippen molar-refractivity contribution < 1.29 is 4.74 Å². The molecule has 0 bridgehead atoms. The van der Waals surface area contributed by atoms with E-state index in [1.165, 1.54) is 39.2 Å². The summed E-state index contributed by atoms with van der Waals surface area (Å²) in [6.07, 6.45) is 6.45. The van der Waals surface area contributed by atoms with Gasteiger partial charge < -0.3 is 10.1 Å². The second-order valence-electron chi connectivity index (χ2n) is 5.14. The quantitative estimate of drug-likeness (QED) is 0.912. The molecule has 0 saturated heterocycles. The number of ether oxygens (including phenoxy) is 1. The highest BCUT2D eigenvalue weighted by Crippen LogP contribution is 2.35. The minimum Gasteiger partial charge on any atom is -0.467 e. The van der Waals surface area contributed by atoms with Gasteiger partial charge in [0.2, 0.25) is 11.2 Å². The molecule has 1 aromatic heterocycles. The molecule has 0 aliphatic heterocycles. The van der Waals surface area contributed by atoms with E-state index in [-0.39, 0.29) is 11.3 Å². The van der Waals surface area contributed by atoms with E-state index in [0.29, 0.717) is 11.4 Å². The van der Waals surface area contributed by atoms with Gasteiger partial charge in [-0.25, -0.2) is 0 Å². The van der Waals surface area contributed by atoms with Gasteiger partial charge in [-0.2, -0.15) is 15.0 Å². The molecule has 2 rings (SSSR count). The molecule has 1 saturated carbocycles. The van der Waals surface area contributed by atoms with Gasteiger partial charge in [0.1, 0.15) is 0 Å². The average Bonchev–Trinajstić information content (AvgIpc) is 2.37. The van der Waals surface area contributed by atoms with E-state index in [9.17, 15) is 0 Å². The maximum atomic E-state index is 5.80. The molecule has 0 radical (unpaired) electrons. The van der Waals surface area contributed by atoms with Crippen molar-refractivity contribution >= 4 is 17.5 Å². The summed E-state index contributed by atoms with van der Waals surface area (Å²) in [5.74, 6) is 0.485. The van der Waals surface area contributed by atoms with Crippen LogP contribution in [0.2, 0.25) is 5.28 Å². The third kappa shape index (κ3) is 3.45. The van der Waals surface area contributed by atoms with Gasteiger partial charge in [-0.3, -0.25) is 0 Å². The van der Waals surface area contributed by atoms with Crippen molar-refractivity contribution in [2.24, 2.45) is 5.41 Å². The van der Waals surface area contributed by atoms with Crippen LogP contribution in [0.5, 0.6) is 6.01 Å². The van der Waals surface area contributed by atoms with Gasteiger partial charge in [0, 0.05) is 6.54 Å². The molecule has 1 N–H and O–H groups in total. The fraction of sp³-hybridized carbons (Fsp3) is 0.750. The van der Waals surface area contributed by atoms with E-state index < -0.39 is 0 Å². The lowest BCUT2D eigenvalue weighted by molar-refractivity contribution is 0.233. The van der Waals surface area contributed by atoms with Crippen LogP contribution in [0.4, 0.5) is 5.95 Å². The highest BCUT2D eigenvalue weighted by Gasteiger charge is 2.26. The number of nitrogens with one attached hydrogen (secondary N) is 1. The van der Waals surface area contributed by atoms with Gasteiger partial charge in [-0.1, -0.05) is 26.2 Å². The number of methoxy groups -OCH3 is 1. The molecule has 0 aromatic carbocycles. The summed E-state index contributed by atoms with van der Waals surface area (Å²) in [6.45, 7) is 3.16. The van der Waals surface area contributed by atoms with Gasteiger partial charge in [0.25, 0.3) is 0 Å². The van der Waals surface area contributed by atoms with Crippen molar-refractivity contribution in [3.63, 3.8) is 0 Å². The van der Waals surface area contributed by atoms with Gasteiger partial charge in [0.05, 0.1) is 7.11 Å². The van der Waals surface area contributed by atoms with Crippen molar-refractivity contribution in [2.75, 3.05) is 19.0 Å². The second kappa shape index (κ2) is 5.69. The lowest BCUT2D eigenvalue weighted by Gasteiger charge is -2.33. The number of hydrogen-bond acceptors (Lipinski definition) is 5. The topological polar surface area (TPSA) is 59.9 Å². The predicted octanol–water partition coefficient (Wildman–Crippen LogP) is 2.92. The molecule has 1 heterocycles. The molecule has 0 spiro atoms. The van der Waals surface area contributed by atoms with Gasteiger partial charge in [-0.15, -0.1) is 0 Å². The highest BCUT2D eigenvalue weighted by atomic mass is 35.5. The Kier molecular flexibility index (Phi) is 4.22. The Bertz CT molecular complexity index is 407. The Morgan fingerprint density at radius 3 is 2.61 bits per heavy atom. The summed E-state index contributed by atoms with van der Waals surface area (Å²) < 4.78 is 4.97. The number of halogens is 1. The van der Waals surface area contributed by atoms with Gasteiger partial charge in [0.15, 0.2) is 0 Å². The number of hydrogen-bond donors (Lipinski definition) is 1. The number of rotatable bonds is 4. The largest absolute Gasteiger partial charge is 0.467 e. The summed E-state index contributed by atoms with van der Waals surface area (Å²) in [7, 11) is 1.51. The molecular formula is C12H19ClN4O. The Morgan fingerprint density at radius 1 is 1.22 bits per heavy atom. The zero-order chi connectivity index (χ0) is 13.0. The lowest BCUT2D eigenvalue weighted by Crippen LogP contribution is -2.29. The van der Waals surface area contributed by atoms with E-state index in [4.69, 9.17) is 16.3 Å². The predicted molar refractivity (Wildman–Crippen MR) is 71.1 cm³/mol. The standard InChI is InChI=1S/C12H19ClN4O/c1-12(6-4-3-5-7-12)8-14-10-15-9(13)16-11(17-10)18-2/h3-8H2,1-2H3,(H,14,15,16,17). The van der Waals surface area contributed by atoms with Gasteiger partial charge >= 0.3 is 6.01 Å². The maximum absolute atomic E-state index is 5.80. The molecule has 5 nitrogen and oxygen atoms in total. The molecule has 1 aliphatic rings. The van der Waals surface area contributed by atoms with E-state index >= 15 is 0 Å². The Labute approximate surface area is 112 Å². The monoisotopic (exact) mass is 270 g/mol. The zero-order valence-electron chi connectivity index (χ0n) is 10.9. The van der Waals surface area contributed by atoms with E-state index in [1.54, 1.807) is 0 Å². The first-order valence-corrected chi connectivity index (χ1v) is 6.69. The van der Waals surface area contributed by atoms with Crippen molar-refractivity contribution in [1.29, 1.82) is 0 Å². The van der Waals surface area contributed by atoms with Crippen LogP contribution in [0.3, 0.4) is 0 Å². The molecule has 100 valence electrons. The van der Waals surface area contributed by atoms with E-state index in [1.807, 2.05) is 0 Å². The molecule has 18 heavy (non-hydrogen) atoms. The normalized spacial score (nSPS) is 18.4. The van der Waals surface area contributed by atoms with Crippen molar-refractivity contribution in [1.82, 2.24) is 15.0 Å². The van der Waals surface area contributed by atoms with Crippen LogP contribution in [-0.2, 0) is 0 Å². The molecule has 0 unspecified atom stereocenters. The molecular weight excluding hydrogens is 252 g/mol. The number of anilines is 1. The molecule has 1 fully saturated rings. The summed E-state index contributed by atoms with van der Waals surface area (Å²) in [5, 5.41) is 3.39. The van der Waals surface area contributed by atoms with Gasteiger partial charge in [-0.05, 0) is 29.9 Å². The third-order valence-corrected chi connectivity index (χ3v) is 3.67. The molecule has 0 amide bonds. The summed E-state index contributed by atoms with van der Waals surface area (Å²) >= 11 is 5.80. The number of nitrogens with zero attached hydrogens (tertiary/aromatic N) is 3. The molecule has 1 aromatic rings. The van der Waals surface area contributed by atoms with Crippen LogP contribution in [-0.4, -0.2) is 28.6 Å². The lowest BCUT2D eigenvalue weighted by atomic mass is 9.76. The van der Waals surface area contributed by atoms with Crippen LogP contribution >= 0.6 is 11.6 Å². The minimum atomic E-state index is 0.151.